The molecule has 2 aromatic carbocycles. The summed E-state index contributed by atoms with van der Waals surface area (Å²) in [6.45, 7) is 0.0123. The Morgan fingerprint density at radius 3 is 2.43 bits per heavy atom. The van der Waals surface area contributed by atoms with Crippen LogP contribution in [0.5, 0.6) is 0 Å². The van der Waals surface area contributed by atoms with Crippen LogP contribution in [0.3, 0.4) is 0 Å². The van der Waals surface area contributed by atoms with E-state index in [2.05, 4.69) is 5.32 Å². The van der Waals surface area contributed by atoms with Gasteiger partial charge < -0.3 is 10.2 Å². The third-order valence-corrected chi connectivity index (χ3v) is 4.61. The Kier molecular flexibility index (Phi) is 6.11. The van der Waals surface area contributed by atoms with Gasteiger partial charge in [-0.1, -0.05) is 41.9 Å². The Bertz CT molecular complexity index is 968. The number of carbonyl (C=O) groups excluding carboxylic acids is 2. The van der Waals surface area contributed by atoms with Crippen LogP contribution in [-0.4, -0.2) is 47.1 Å². The zero-order chi connectivity index (χ0) is 20.1. The number of nitrogens with zero attached hydrogens (tertiary/aromatic N) is 3. The molecule has 0 aliphatic heterocycles. The van der Waals surface area contributed by atoms with Crippen molar-refractivity contribution >= 4 is 23.4 Å². The summed E-state index contributed by atoms with van der Waals surface area (Å²) >= 11 is 6.00. The van der Waals surface area contributed by atoms with Gasteiger partial charge in [0, 0.05) is 36.4 Å². The van der Waals surface area contributed by atoms with Gasteiger partial charge in [-0.25, -0.2) is 4.68 Å². The molecule has 0 aliphatic rings. The summed E-state index contributed by atoms with van der Waals surface area (Å²) in [5.41, 5.74) is 3.26. The average molecular weight is 397 g/mol. The van der Waals surface area contributed by atoms with E-state index in [1.165, 1.54) is 4.90 Å². The maximum absolute atomic E-state index is 12.6. The lowest BCUT2D eigenvalue weighted by Crippen LogP contribution is -2.37. The smallest absolute Gasteiger partial charge is 0.239 e. The zero-order valence-corrected chi connectivity index (χ0v) is 16.5. The molecule has 0 unspecified atom stereocenters. The summed E-state index contributed by atoms with van der Waals surface area (Å²) in [7, 11) is 3.16. The number of halogens is 1. The molecule has 0 aliphatic carbocycles. The number of amides is 2. The number of likely N-dealkylation sites (N-methyl/N-ethyl adjacent to an activating group) is 2. The van der Waals surface area contributed by atoms with Gasteiger partial charge >= 0.3 is 0 Å². The van der Waals surface area contributed by atoms with Crippen molar-refractivity contribution in [2.75, 3.05) is 20.6 Å². The first-order valence-electron chi connectivity index (χ1n) is 8.82. The minimum atomic E-state index is -0.214. The van der Waals surface area contributed by atoms with Crippen molar-refractivity contribution in [3.05, 3.63) is 71.4 Å². The minimum Gasteiger partial charge on any atom is -0.358 e. The van der Waals surface area contributed by atoms with Gasteiger partial charge in [0.05, 0.1) is 24.3 Å². The largest absolute Gasteiger partial charge is 0.358 e. The Labute approximate surface area is 168 Å². The molecule has 0 saturated heterocycles. The number of nitrogens with one attached hydrogen (secondary N) is 1. The predicted molar refractivity (Wildman–Crippen MR) is 109 cm³/mol. The number of rotatable bonds is 6. The molecule has 144 valence electrons. The average Bonchev–Trinajstić information content (AvgIpc) is 3.12. The molecule has 0 atom stereocenters. The van der Waals surface area contributed by atoms with Crippen LogP contribution in [0.4, 0.5) is 0 Å². The van der Waals surface area contributed by atoms with Crippen LogP contribution < -0.4 is 5.32 Å². The fourth-order valence-electron chi connectivity index (χ4n) is 2.78. The molecule has 0 fully saturated rings. The molecule has 1 heterocycles. The summed E-state index contributed by atoms with van der Waals surface area (Å²) in [6, 6.07) is 17.0. The molecule has 1 N–H and O–H groups in total. The summed E-state index contributed by atoms with van der Waals surface area (Å²) in [5, 5.41) is 7.85. The first kappa shape index (κ1) is 19.6. The summed E-state index contributed by atoms with van der Waals surface area (Å²) in [4.78, 5) is 25.6. The number of hydrogen-bond acceptors (Lipinski definition) is 3. The van der Waals surface area contributed by atoms with E-state index in [4.69, 9.17) is 16.7 Å². The van der Waals surface area contributed by atoms with E-state index in [0.717, 1.165) is 16.8 Å². The van der Waals surface area contributed by atoms with Gasteiger partial charge in [0.15, 0.2) is 0 Å². The highest BCUT2D eigenvalue weighted by Crippen LogP contribution is 2.26. The predicted octanol–water partition coefficient (Wildman–Crippen LogP) is 2.94. The molecule has 1 aromatic heterocycles. The second-order valence-electron chi connectivity index (χ2n) is 6.39. The van der Waals surface area contributed by atoms with Crippen LogP contribution in [0, 0.1) is 0 Å². The monoisotopic (exact) mass is 396 g/mol. The molecule has 6 nitrogen and oxygen atoms in total. The highest BCUT2D eigenvalue weighted by Gasteiger charge is 2.18. The lowest BCUT2D eigenvalue weighted by Gasteiger charge is -2.16. The van der Waals surface area contributed by atoms with Gasteiger partial charge in [0.25, 0.3) is 0 Å². The molecular formula is C21H21ClN4O2. The number of benzene rings is 2. The van der Waals surface area contributed by atoms with Crippen molar-refractivity contribution in [2.45, 2.75) is 6.42 Å². The van der Waals surface area contributed by atoms with Gasteiger partial charge in [0.1, 0.15) is 0 Å². The zero-order valence-electron chi connectivity index (χ0n) is 15.7. The fourth-order valence-corrected chi connectivity index (χ4v) is 2.91. The number of hydrogen-bond donors (Lipinski definition) is 1. The topological polar surface area (TPSA) is 67.2 Å². The Hall–Kier alpha value is -3.12. The van der Waals surface area contributed by atoms with Crippen molar-refractivity contribution < 1.29 is 9.59 Å². The van der Waals surface area contributed by atoms with E-state index in [1.54, 1.807) is 30.9 Å². The van der Waals surface area contributed by atoms with Crippen LogP contribution in [-0.2, 0) is 16.0 Å². The minimum absolute atomic E-state index is 0.0123. The lowest BCUT2D eigenvalue weighted by atomic mass is 10.1. The molecule has 28 heavy (non-hydrogen) atoms. The molecular weight excluding hydrogens is 376 g/mol. The normalized spacial score (nSPS) is 10.5. The first-order chi connectivity index (χ1) is 13.5. The lowest BCUT2D eigenvalue weighted by molar-refractivity contribution is -0.134. The number of aromatic nitrogens is 2. The van der Waals surface area contributed by atoms with Crippen molar-refractivity contribution in [3.8, 4) is 16.9 Å². The summed E-state index contributed by atoms with van der Waals surface area (Å²) in [6.07, 6.45) is 1.99. The van der Waals surface area contributed by atoms with Crippen LogP contribution in [0.1, 0.15) is 5.56 Å². The maximum Gasteiger partial charge on any atom is 0.239 e. The standard InChI is InChI=1S/C21H21ClN4O2/c1-23-19(27)14-25(2)20(28)12-16-13-26(18-6-4-3-5-7-18)24-21(16)15-8-10-17(22)11-9-15/h3-11,13H,12,14H2,1-2H3,(H,23,27). The number of carbonyl (C=O) groups is 2. The highest BCUT2D eigenvalue weighted by molar-refractivity contribution is 6.30. The van der Waals surface area contributed by atoms with Gasteiger partial charge in [-0.05, 0) is 24.3 Å². The van der Waals surface area contributed by atoms with Crippen molar-refractivity contribution in [3.63, 3.8) is 0 Å². The van der Waals surface area contributed by atoms with E-state index >= 15 is 0 Å². The van der Waals surface area contributed by atoms with Crippen LogP contribution in [0.2, 0.25) is 5.02 Å². The molecule has 0 radical (unpaired) electrons. The Balaban J connectivity index is 1.94. The Morgan fingerprint density at radius 1 is 1.11 bits per heavy atom. The summed E-state index contributed by atoms with van der Waals surface area (Å²) in [5.74, 6) is -0.375. The quantitative estimate of drug-likeness (QED) is 0.696. The molecule has 3 rings (SSSR count). The van der Waals surface area contributed by atoms with E-state index in [-0.39, 0.29) is 24.8 Å². The van der Waals surface area contributed by atoms with E-state index in [0.29, 0.717) is 10.7 Å². The molecule has 7 heteroatoms. The van der Waals surface area contributed by atoms with E-state index < -0.39 is 0 Å². The van der Waals surface area contributed by atoms with Gasteiger partial charge in [0.2, 0.25) is 11.8 Å². The molecule has 0 spiro atoms. The molecule has 0 saturated carbocycles. The van der Waals surface area contributed by atoms with Crippen LogP contribution >= 0.6 is 11.6 Å². The summed E-state index contributed by atoms with van der Waals surface area (Å²) < 4.78 is 1.76. The third-order valence-electron chi connectivity index (χ3n) is 4.36. The van der Waals surface area contributed by atoms with Gasteiger partial charge in [-0.3, -0.25) is 9.59 Å². The number of para-hydroxylation sites is 1. The van der Waals surface area contributed by atoms with E-state index in [1.807, 2.05) is 48.7 Å². The highest BCUT2D eigenvalue weighted by atomic mass is 35.5. The Morgan fingerprint density at radius 2 is 1.79 bits per heavy atom. The van der Waals surface area contributed by atoms with E-state index in [9.17, 15) is 9.59 Å². The van der Waals surface area contributed by atoms with Crippen molar-refractivity contribution in [1.82, 2.24) is 20.0 Å². The van der Waals surface area contributed by atoms with Crippen molar-refractivity contribution in [2.24, 2.45) is 0 Å². The second kappa shape index (κ2) is 8.71. The molecule has 0 bridgehead atoms. The van der Waals surface area contributed by atoms with Crippen molar-refractivity contribution in [1.29, 1.82) is 0 Å². The second-order valence-corrected chi connectivity index (χ2v) is 6.83. The first-order valence-corrected chi connectivity index (χ1v) is 9.20. The fraction of sp³-hybridized carbons (Fsp3) is 0.190. The molecule has 2 amide bonds. The maximum atomic E-state index is 12.6. The van der Waals surface area contributed by atoms with Gasteiger partial charge in [-0.2, -0.15) is 5.10 Å². The van der Waals surface area contributed by atoms with Crippen LogP contribution in [0.15, 0.2) is 60.8 Å². The molecule has 3 aromatic rings. The van der Waals surface area contributed by atoms with Gasteiger partial charge in [-0.15, -0.1) is 0 Å². The third kappa shape index (κ3) is 4.58. The SMILES string of the molecule is CNC(=O)CN(C)C(=O)Cc1cn(-c2ccccc2)nc1-c1ccc(Cl)cc1. The van der Waals surface area contributed by atoms with Crippen LogP contribution in [0.25, 0.3) is 16.9 Å².